The topological polar surface area (TPSA) is 65.5 Å². The molecule has 104 valence electrons. The number of carboxylic acid groups (broad SMARTS) is 1. The first kappa shape index (κ1) is 13.8. The number of aromatic nitrogens is 1. The van der Waals surface area contributed by atoms with E-state index in [1.807, 2.05) is 6.20 Å². The maximum atomic E-state index is 8.36. The quantitative estimate of drug-likeness (QED) is 0.744. The Labute approximate surface area is 113 Å². The van der Waals surface area contributed by atoms with Crippen LogP contribution < -0.4 is 10.2 Å². The Morgan fingerprint density at radius 1 is 1.42 bits per heavy atom. The Morgan fingerprint density at radius 2 is 2.05 bits per heavy atom. The minimum atomic E-state index is -0.250. The molecule has 2 unspecified atom stereocenters. The van der Waals surface area contributed by atoms with Gasteiger partial charge in [0.15, 0.2) is 0 Å². The monoisotopic (exact) mass is 263 g/mol. The van der Waals surface area contributed by atoms with Crippen molar-refractivity contribution in [2.24, 2.45) is 11.8 Å². The number of aryl methyl sites for hydroxylation is 1. The second-order valence-electron chi connectivity index (χ2n) is 5.33. The van der Waals surface area contributed by atoms with Gasteiger partial charge in [-0.3, -0.25) is 4.79 Å². The van der Waals surface area contributed by atoms with Gasteiger partial charge in [-0.1, -0.05) is 0 Å². The number of rotatable bonds is 1. The fourth-order valence-electron chi connectivity index (χ4n) is 2.99. The SMILES string of the molecule is Cc1ccnc(N2CC3CNCC(C3)C2)c1.O=CO. The third-order valence-corrected chi connectivity index (χ3v) is 3.71. The lowest BCUT2D eigenvalue weighted by molar-refractivity contribution is -0.122. The molecule has 0 radical (unpaired) electrons. The van der Waals surface area contributed by atoms with Crippen molar-refractivity contribution >= 4 is 12.3 Å². The lowest BCUT2D eigenvalue weighted by atomic mass is 9.86. The number of pyridine rings is 1. The molecule has 2 N–H and O–H groups in total. The lowest BCUT2D eigenvalue weighted by Crippen LogP contribution is -2.51. The van der Waals surface area contributed by atoms with E-state index in [1.165, 1.54) is 38.2 Å². The zero-order chi connectivity index (χ0) is 13.7. The van der Waals surface area contributed by atoms with Crippen LogP contribution in [0.1, 0.15) is 12.0 Å². The molecule has 2 aliphatic heterocycles. The van der Waals surface area contributed by atoms with Crippen LogP contribution in [-0.4, -0.2) is 42.7 Å². The first-order valence-electron chi connectivity index (χ1n) is 6.69. The van der Waals surface area contributed by atoms with Crippen LogP contribution in [0.15, 0.2) is 18.3 Å². The molecule has 2 bridgehead atoms. The molecule has 0 aromatic carbocycles. The average molecular weight is 263 g/mol. The molecule has 2 atom stereocenters. The highest BCUT2D eigenvalue weighted by Gasteiger charge is 2.30. The minimum Gasteiger partial charge on any atom is -0.483 e. The minimum absolute atomic E-state index is 0.250. The third kappa shape index (κ3) is 3.67. The van der Waals surface area contributed by atoms with Crippen molar-refractivity contribution in [3.8, 4) is 0 Å². The number of nitrogens with zero attached hydrogens (tertiary/aromatic N) is 2. The molecule has 3 rings (SSSR count). The van der Waals surface area contributed by atoms with Crippen LogP contribution in [0.4, 0.5) is 5.82 Å². The average Bonchev–Trinajstić information content (AvgIpc) is 2.39. The largest absolute Gasteiger partial charge is 0.483 e. The fraction of sp³-hybridized carbons (Fsp3) is 0.571. The van der Waals surface area contributed by atoms with Crippen molar-refractivity contribution in [2.75, 3.05) is 31.1 Å². The summed E-state index contributed by atoms with van der Waals surface area (Å²) in [7, 11) is 0. The Hall–Kier alpha value is -1.62. The summed E-state index contributed by atoms with van der Waals surface area (Å²) < 4.78 is 0. The zero-order valence-electron chi connectivity index (χ0n) is 11.2. The molecular weight excluding hydrogens is 242 g/mol. The van der Waals surface area contributed by atoms with Crippen LogP contribution in [-0.2, 0) is 4.79 Å². The maximum absolute atomic E-state index is 8.36. The number of fused-ring (bicyclic) bond motifs is 2. The van der Waals surface area contributed by atoms with Crippen LogP contribution in [0.3, 0.4) is 0 Å². The fourth-order valence-corrected chi connectivity index (χ4v) is 2.99. The zero-order valence-corrected chi connectivity index (χ0v) is 11.2. The molecule has 2 aliphatic rings. The normalized spacial score (nSPS) is 25.2. The van der Waals surface area contributed by atoms with Gasteiger partial charge in [0, 0.05) is 19.3 Å². The van der Waals surface area contributed by atoms with Crippen molar-refractivity contribution in [1.82, 2.24) is 10.3 Å². The van der Waals surface area contributed by atoms with Gasteiger partial charge in [-0.15, -0.1) is 0 Å². The molecule has 1 aromatic heterocycles. The summed E-state index contributed by atoms with van der Waals surface area (Å²) in [5.41, 5.74) is 1.30. The summed E-state index contributed by atoms with van der Waals surface area (Å²) in [6.45, 7) is 6.58. The molecule has 0 aliphatic carbocycles. The smallest absolute Gasteiger partial charge is 0.290 e. The van der Waals surface area contributed by atoms with E-state index in [0.717, 1.165) is 17.7 Å². The van der Waals surface area contributed by atoms with Gasteiger partial charge in [-0.2, -0.15) is 0 Å². The van der Waals surface area contributed by atoms with Crippen LogP contribution in [0.5, 0.6) is 0 Å². The lowest BCUT2D eigenvalue weighted by Gasteiger charge is -2.42. The molecule has 5 heteroatoms. The van der Waals surface area contributed by atoms with E-state index >= 15 is 0 Å². The summed E-state index contributed by atoms with van der Waals surface area (Å²) >= 11 is 0. The van der Waals surface area contributed by atoms with Gasteiger partial charge in [-0.05, 0) is 56.0 Å². The van der Waals surface area contributed by atoms with E-state index in [-0.39, 0.29) is 6.47 Å². The number of anilines is 1. The number of carbonyl (C=O) groups is 1. The highest BCUT2D eigenvalue weighted by Crippen LogP contribution is 2.27. The summed E-state index contributed by atoms with van der Waals surface area (Å²) in [6.07, 6.45) is 3.32. The maximum Gasteiger partial charge on any atom is 0.290 e. The van der Waals surface area contributed by atoms with E-state index in [4.69, 9.17) is 9.90 Å². The molecule has 1 aromatic rings. The third-order valence-electron chi connectivity index (χ3n) is 3.71. The molecule has 3 heterocycles. The van der Waals surface area contributed by atoms with Gasteiger partial charge in [-0.25, -0.2) is 4.98 Å². The predicted octanol–water partition coefficient (Wildman–Crippen LogP) is 1.14. The number of piperidine rings is 2. The number of nitrogens with one attached hydrogen (secondary N) is 1. The molecular formula is C14H21N3O2. The second kappa shape index (κ2) is 6.52. The number of hydrogen-bond donors (Lipinski definition) is 2. The highest BCUT2D eigenvalue weighted by atomic mass is 16.3. The molecule has 5 nitrogen and oxygen atoms in total. The van der Waals surface area contributed by atoms with E-state index < -0.39 is 0 Å². The number of hydrogen-bond acceptors (Lipinski definition) is 4. The van der Waals surface area contributed by atoms with Crippen LogP contribution >= 0.6 is 0 Å². The predicted molar refractivity (Wildman–Crippen MR) is 74.3 cm³/mol. The molecule has 2 saturated heterocycles. The van der Waals surface area contributed by atoms with E-state index in [2.05, 4.69) is 34.3 Å². The van der Waals surface area contributed by atoms with Crippen molar-refractivity contribution in [3.05, 3.63) is 23.9 Å². The van der Waals surface area contributed by atoms with E-state index in [9.17, 15) is 0 Å². The second-order valence-corrected chi connectivity index (χ2v) is 5.33. The van der Waals surface area contributed by atoms with E-state index in [1.54, 1.807) is 0 Å². The van der Waals surface area contributed by atoms with Crippen molar-refractivity contribution < 1.29 is 9.90 Å². The molecule has 0 saturated carbocycles. The highest BCUT2D eigenvalue weighted by molar-refractivity contribution is 5.41. The van der Waals surface area contributed by atoms with Gasteiger partial charge >= 0.3 is 0 Å². The van der Waals surface area contributed by atoms with Gasteiger partial charge in [0.05, 0.1) is 0 Å². The standard InChI is InChI=1S/C13H19N3.CH2O2/c1-10-2-3-15-13(4-10)16-8-11-5-12(9-16)7-14-6-11;2-1-3/h2-4,11-12,14H,5-9H2,1H3;1H,(H,2,3). The van der Waals surface area contributed by atoms with Gasteiger partial charge < -0.3 is 15.3 Å². The summed E-state index contributed by atoms with van der Waals surface area (Å²) in [4.78, 5) is 15.3. The Morgan fingerprint density at radius 3 is 2.63 bits per heavy atom. The van der Waals surface area contributed by atoms with Crippen LogP contribution in [0.25, 0.3) is 0 Å². The molecule has 0 spiro atoms. The molecule has 2 fully saturated rings. The first-order valence-corrected chi connectivity index (χ1v) is 6.69. The Bertz CT molecular complexity index is 413. The summed E-state index contributed by atoms with van der Waals surface area (Å²) in [5.74, 6) is 2.79. The van der Waals surface area contributed by atoms with Crippen molar-refractivity contribution in [2.45, 2.75) is 13.3 Å². The van der Waals surface area contributed by atoms with Gasteiger partial charge in [0.25, 0.3) is 6.47 Å². The van der Waals surface area contributed by atoms with Gasteiger partial charge in [0.1, 0.15) is 5.82 Å². The van der Waals surface area contributed by atoms with E-state index in [0.29, 0.717) is 0 Å². The Balaban J connectivity index is 0.000000408. The summed E-state index contributed by atoms with van der Waals surface area (Å²) in [6, 6.07) is 4.27. The molecule has 19 heavy (non-hydrogen) atoms. The van der Waals surface area contributed by atoms with Gasteiger partial charge in [0.2, 0.25) is 0 Å². The Kier molecular flexibility index (Phi) is 4.74. The summed E-state index contributed by atoms with van der Waals surface area (Å²) in [5, 5.41) is 10.4. The van der Waals surface area contributed by atoms with Crippen molar-refractivity contribution in [1.29, 1.82) is 0 Å². The van der Waals surface area contributed by atoms with Crippen LogP contribution in [0, 0.1) is 18.8 Å². The van der Waals surface area contributed by atoms with Crippen molar-refractivity contribution in [3.63, 3.8) is 0 Å². The van der Waals surface area contributed by atoms with Crippen LogP contribution in [0.2, 0.25) is 0 Å². The first-order chi connectivity index (χ1) is 9.22. The molecule has 0 amide bonds.